The minimum Gasteiger partial charge on any atom is -0.497 e. The van der Waals surface area contributed by atoms with Crippen LogP contribution in [0.1, 0.15) is 17.4 Å². The molecule has 0 bridgehead atoms. The van der Waals surface area contributed by atoms with Crippen molar-refractivity contribution in [2.24, 2.45) is 7.05 Å². The van der Waals surface area contributed by atoms with Crippen molar-refractivity contribution in [3.63, 3.8) is 0 Å². The lowest BCUT2D eigenvalue weighted by atomic mass is 10.1. The summed E-state index contributed by atoms with van der Waals surface area (Å²) in [5.41, 5.74) is 2.80. The Hall–Kier alpha value is -3.28. The van der Waals surface area contributed by atoms with Crippen LogP contribution in [0.25, 0.3) is 11.3 Å². The van der Waals surface area contributed by atoms with Gasteiger partial charge in [0.05, 0.1) is 19.4 Å². The molecule has 1 aromatic heterocycles. The van der Waals surface area contributed by atoms with Crippen molar-refractivity contribution in [1.82, 2.24) is 9.78 Å². The van der Waals surface area contributed by atoms with Gasteiger partial charge in [-0.05, 0) is 49.4 Å². The Balaban J connectivity index is 1.78. The highest BCUT2D eigenvalue weighted by Gasteiger charge is 2.14. The summed E-state index contributed by atoms with van der Waals surface area (Å²) in [7, 11) is 3.43. The van der Waals surface area contributed by atoms with Gasteiger partial charge in [0.2, 0.25) is 0 Å². The van der Waals surface area contributed by atoms with Crippen LogP contribution in [0.2, 0.25) is 0 Å². The maximum atomic E-state index is 12.5. The van der Waals surface area contributed by atoms with Gasteiger partial charge in [0.15, 0.2) is 5.69 Å². The molecule has 3 rings (SSSR count). The van der Waals surface area contributed by atoms with Crippen LogP contribution < -0.4 is 14.8 Å². The summed E-state index contributed by atoms with van der Waals surface area (Å²) in [5, 5.41) is 7.17. The zero-order valence-electron chi connectivity index (χ0n) is 15.0. The Morgan fingerprint density at radius 3 is 2.58 bits per heavy atom. The predicted molar refractivity (Wildman–Crippen MR) is 101 cm³/mol. The summed E-state index contributed by atoms with van der Waals surface area (Å²) < 4.78 is 12.3. The fourth-order valence-corrected chi connectivity index (χ4v) is 2.63. The molecule has 0 atom stereocenters. The summed E-state index contributed by atoms with van der Waals surface area (Å²) in [6.07, 6.45) is 0. The van der Waals surface area contributed by atoms with Crippen LogP contribution in [0.4, 0.5) is 5.69 Å². The van der Waals surface area contributed by atoms with Crippen LogP contribution in [0.3, 0.4) is 0 Å². The molecule has 0 aliphatic rings. The monoisotopic (exact) mass is 351 g/mol. The molecule has 134 valence electrons. The van der Waals surface area contributed by atoms with Crippen molar-refractivity contribution >= 4 is 11.6 Å². The molecule has 0 spiro atoms. The molecule has 1 N–H and O–H groups in total. The van der Waals surface area contributed by atoms with Crippen molar-refractivity contribution in [3.05, 3.63) is 60.3 Å². The SMILES string of the molecule is CCOc1ccc(NC(=O)c2cc(-c3cccc(OC)c3)n(C)n2)cc1. The molecule has 6 heteroatoms. The number of benzene rings is 2. The molecule has 0 aliphatic carbocycles. The fraction of sp³-hybridized carbons (Fsp3) is 0.200. The number of nitrogens with one attached hydrogen (secondary N) is 1. The minimum absolute atomic E-state index is 0.265. The fourth-order valence-electron chi connectivity index (χ4n) is 2.63. The van der Waals surface area contributed by atoms with Gasteiger partial charge in [-0.2, -0.15) is 5.10 Å². The van der Waals surface area contributed by atoms with Gasteiger partial charge < -0.3 is 14.8 Å². The first kappa shape index (κ1) is 17.5. The molecule has 0 fully saturated rings. The highest BCUT2D eigenvalue weighted by atomic mass is 16.5. The number of aryl methyl sites for hydroxylation is 1. The van der Waals surface area contributed by atoms with Crippen molar-refractivity contribution in [1.29, 1.82) is 0 Å². The Labute approximate surface area is 152 Å². The molecular weight excluding hydrogens is 330 g/mol. The molecule has 0 radical (unpaired) electrons. The van der Waals surface area contributed by atoms with Gasteiger partial charge >= 0.3 is 0 Å². The third-order valence-electron chi connectivity index (χ3n) is 3.90. The quantitative estimate of drug-likeness (QED) is 0.735. The molecule has 1 heterocycles. The molecule has 0 saturated heterocycles. The van der Waals surface area contributed by atoms with E-state index in [0.717, 1.165) is 22.8 Å². The number of ether oxygens (including phenoxy) is 2. The van der Waals surface area contributed by atoms with Crippen LogP contribution in [0, 0.1) is 0 Å². The van der Waals surface area contributed by atoms with Gasteiger partial charge in [-0.3, -0.25) is 9.48 Å². The lowest BCUT2D eigenvalue weighted by Gasteiger charge is -2.05. The van der Waals surface area contributed by atoms with E-state index in [4.69, 9.17) is 9.47 Å². The zero-order chi connectivity index (χ0) is 18.5. The second-order valence-corrected chi connectivity index (χ2v) is 5.68. The number of hydrogen-bond donors (Lipinski definition) is 1. The topological polar surface area (TPSA) is 65.4 Å². The highest BCUT2D eigenvalue weighted by Crippen LogP contribution is 2.24. The van der Waals surface area contributed by atoms with Crippen molar-refractivity contribution in [2.45, 2.75) is 6.92 Å². The van der Waals surface area contributed by atoms with E-state index in [2.05, 4.69) is 10.4 Å². The average Bonchev–Trinajstić information content (AvgIpc) is 3.05. The van der Waals surface area contributed by atoms with Crippen molar-refractivity contribution in [3.8, 4) is 22.8 Å². The number of rotatable bonds is 6. The lowest BCUT2D eigenvalue weighted by Crippen LogP contribution is -2.12. The van der Waals surface area contributed by atoms with Crippen LogP contribution >= 0.6 is 0 Å². The van der Waals surface area contributed by atoms with E-state index in [1.54, 1.807) is 30.0 Å². The average molecular weight is 351 g/mol. The summed E-state index contributed by atoms with van der Waals surface area (Å²) in [6.45, 7) is 2.53. The Morgan fingerprint density at radius 2 is 1.88 bits per heavy atom. The Kier molecular flexibility index (Phi) is 5.22. The normalized spacial score (nSPS) is 10.4. The van der Waals surface area contributed by atoms with Gasteiger partial charge in [-0.1, -0.05) is 12.1 Å². The maximum Gasteiger partial charge on any atom is 0.276 e. The molecule has 0 aliphatic heterocycles. The standard InChI is InChI=1S/C20H21N3O3/c1-4-26-16-10-8-15(9-11-16)21-20(24)18-13-19(23(2)22-18)14-6-5-7-17(12-14)25-3/h5-13H,4H2,1-3H3,(H,21,24). The smallest absolute Gasteiger partial charge is 0.276 e. The Bertz CT molecular complexity index is 901. The number of carbonyl (C=O) groups excluding carboxylic acids is 1. The minimum atomic E-state index is -0.265. The van der Waals surface area contributed by atoms with E-state index in [9.17, 15) is 4.79 Å². The number of amides is 1. The largest absolute Gasteiger partial charge is 0.497 e. The van der Waals surface area contributed by atoms with E-state index in [1.807, 2.05) is 50.4 Å². The number of aromatic nitrogens is 2. The summed E-state index contributed by atoms with van der Waals surface area (Å²) in [4.78, 5) is 12.5. The third-order valence-corrected chi connectivity index (χ3v) is 3.90. The lowest BCUT2D eigenvalue weighted by molar-refractivity contribution is 0.102. The number of nitrogens with zero attached hydrogens (tertiary/aromatic N) is 2. The predicted octanol–water partition coefficient (Wildman–Crippen LogP) is 3.75. The second-order valence-electron chi connectivity index (χ2n) is 5.68. The summed E-state index contributed by atoms with van der Waals surface area (Å²) in [5.74, 6) is 1.26. The first-order valence-electron chi connectivity index (χ1n) is 8.33. The highest BCUT2D eigenvalue weighted by molar-refractivity contribution is 6.03. The maximum absolute atomic E-state index is 12.5. The van der Waals surface area contributed by atoms with Crippen LogP contribution in [0.15, 0.2) is 54.6 Å². The number of methoxy groups -OCH3 is 1. The summed E-state index contributed by atoms with van der Waals surface area (Å²) >= 11 is 0. The molecular formula is C20H21N3O3. The molecule has 2 aromatic carbocycles. The molecule has 0 saturated carbocycles. The third kappa shape index (κ3) is 3.85. The number of anilines is 1. The van der Waals surface area contributed by atoms with Crippen molar-refractivity contribution in [2.75, 3.05) is 19.0 Å². The van der Waals surface area contributed by atoms with E-state index >= 15 is 0 Å². The number of carbonyl (C=O) groups is 1. The van der Waals surface area contributed by atoms with Gasteiger partial charge in [0, 0.05) is 18.3 Å². The van der Waals surface area contributed by atoms with Gasteiger partial charge in [-0.15, -0.1) is 0 Å². The van der Waals surface area contributed by atoms with Gasteiger partial charge in [-0.25, -0.2) is 0 Å². The van der Waals surface area contributed by atoms with E-state index in [0.29, 0.717) is 18.0 Å². The van der Waals surface area contributed by atoms with Gasteiger partial charge in [0.25, 0.3) is 5.91 Å². The Morgan fingerprint density at radius 1 is 1.12 bits per heavy atom. The molecule has 26 heavy (non-hydrogen) atoms. The zero-order valence-corrected chi connectivity index (χ0v) is 15.0. The van der Waals surface area contributed by atoms with E-state index in [-0.39, 0.29) is 5.91 Å². The molecule has 6 nitrogen and oxygen atoms in total. The van der Waals surface area contributed by atoms with Crippen molar-refractivity contribution < 1.29 is 14.3 Å². The van der Waals surface area contributed by atoms with Crippen LogP contribution in [-0.4, -0.2) is 29.4 Å². The van der Waals surface area contributed by atoms with E-state index < -0.39 is 0 Å². The molecule has 3 aromatic rings. The summed E-state index contributed by atoms with van der Waals surface area (Å²) in [6, 6.07) is 16.6. The number of hydrogen-bond acceptors (Lipinski definition) is 4. The second kappa shape index (κ2) is 7.74. The van der Waals surface area contributed by atoms with E-state index in [1.165, 1.54) is 0 Å². The first-order valence-corrected chi connectivity index (χ1v) is 8.33. The molecule has 1 amide bonds. The first-order chi connectivity index (χ1) is 12.6. The van der Waals surface area contributed by atoms with Gasteiger partial charge in [0.1, 0.15) is 11.5 Å². The van der Waals surface area contributed by atoms with Crippen LogP contribution in [0.5, 0.6) is 11.5 Å². The molecule has 0 unspecified atom stereocenters. The van der Waals surface area contributed by atoms with Crippen LogP contribution in [-0.2, 0) is 7.05 Å².